The van der Waals surface area contributed by atoms with Gasteiger partial charge in [-0.1, -0.05) is 0 Å². The fourth-order valence-electron chi connectivity index (χ4n) is 3.11. The van der Waals surface area contributed by atoms with Gasteiger partial charge in [-0.2, -0.15) is 13.9 Å². The number of thiophene rings is 1. The number of aromatic nitrogens is 2. The number of esters is 1. The Morgan fingerprint density at radius 2 is 2.35 bits per heavy atom. The zero-order valence-electron chi connectivity index (χ0n) is 13.5. The Kier molecular flexibility index (Phi) is 3.83. The summed E-state index contributed by atoms with van der Waals surface area (Å²) in [4.78, 5) is 26.2. The minimum atomic E-state index is -3.42. The maximum absolute atomic E-state index is 14.2. The van der Waals surface area contributed by atoms with E-state index < -0.39 is 30.6 Å². The second-order valence-electron chi connectivity index (χ2n) is 6.00. The molecule has 1 amide bonds. The van der Waals surface area contributed by atoms with Crippen LogP contribution < -0.4 is 15.0 Å². The van der Waals surface area contributed by atoms with Crippen LogP contribution in [0.5, 0.6) is 5.75 Å². The normalized spacial score (nSPS) is 20.7. The number of methoxy groups -OCH3 is 1. The number of aromatic amines is 1. The van der Waals surface area contributed by atoms with Gasteiger partial charge in [0.05, 0.1) is 30.6 Å². The van der Waals surface area contributed by atoms with Gasteiger partial charge < -0.3 is 19.7 Å². The van der Waals surface area contributed by atoms with Crippen LogP contribution in [0.15, 0.2) is 12.4 Å². The van der Waals surface area contributed by atoms with Crippen LogP contribution in [0.1, 0.15) is 16.1 Å². The summed E-state index contributed by atoms with van der Waals surface area (Å²) >= 11 is 1.05. The minimum absolute atomic E-state index is 0.0430. The van der Waals surface area contributed by atoms with Crippen LogP contribution in [-0.2, 0) is 9.53 Å². The fourth-order valence-corrected chi connectivity index (χ4v) is 4.24. The molecular weight excluding hydrogens is 370 g/mol. The van der Waals surface area contributed by atoms with Gasteiger partial charge in [0.1, 0.15) is 17.1 Å². The third-order valence-corrected chi connectivity index (χ3v) is 5.37. The van der Waals surface area contributed by atoms with Crippen molar-refractivity contribution >= 4 is 28.9 Å². The number of hydrogen-bond donors (Lipinski definition) is 2. The van der Waals surface area contributed by atoms with Crippen molar-refractivity contribution in [3.63, 3.8) is 0 Å². The Morgan fingerprint density at radius 1 is 1.54 bits per heavy atom. The first-order chi connectivity index (χ1) is 12.4. The Morgan fingerprint density at radius 3 is 3.04 bits per heavy atom. The van der Waals surface area contributed by atoms with Crippen LogP contribution in [0.2, 0.25) is 0 Å². The fraction of sp³-hybridized carbons (Fsp3) is 0.400. The molecule has 2 aliphatic rings. The Bertz CT molecular complexity index is 867. The van der Waals surface area contributed by atoms with Crippen molar-refractivity contribution in [2.75, 3.05) is 25.1 Å². The quantitative estimate of drug-likeness (QED) is 0.781. The number of nitrogens with one attached hydrogen (secondary N) is 2. The van der Waals surface area contributed by atoms with Crippen LogP contribution in [0.25, 0.3) is 10.4 Å². The molecule has 4 rings (SSSR count). The van der Waals surface area contributed by atoms with Crippen molar-refractivity contribution in [3.8, 4) is 16.2 Å². The number of halogens is 2. The second kappa shape index (κ2) is 5.94. The molecule has 0 fully saturated rings. The summed E-state index contributed by atoms with van der Waals surface area (Å²) in [6, 6.07) is -0.645. The summed E-state index contributed by atoms with van der Waals surface area (Å²) in [7, 11) is 1.23. The van der Waals surface area contributed by atoms with E-state index in [1.165, 1.54) is 18.2 Å². The van der Waals surface area contributed by atoms with E-state index in [1.807, 2.05) is 0 Å². The maximum Gasteiger partial charge on any atom is 0.416 e. The summed E-state index contributed by atoms with van der Waals surface area (Å²) < 4.78 is 37.9. The predicted molar refractivity (Wildman–Crippen MR) is 87.6 cm³/mol. The molecule has 0 saturated carbocycles. The number of H-pyrrole nitrogens is 1. The predicted octanol–water partition coefficient (Wildman–Crippen LogP) is 1.60. The molecule has 11 heteroatoms. The maximum atomic E-state index is 14.2. The lowest BCUT2D eigenvalue weighted by Crippen LogP contribution is -2.49. The van der Waals surface area contributed by atoms with Gasteiger partial charge >= 0.3 is 12.1 Å². The van der Waals surface area contributed by atoms with Gasteiger partial charge in [0, 0.05) is 18.3 Å². The van der Waals surface area contributed by atoms with Crippen molar-refractivity contribution in [3.05, 3.63) is 17.3 Å². The molecule has 0 radical (unpaired) electrons. The number of carbonyl (C=O) groups is 2. The van der Waals surface area contributed by atoms with Gasteiger partial charge in [-0.3, -0.25) is 14.7 Å². The molecule has 0 aliphatic carbocycles. The standard InChI is InChI=1S/C15H14F2N4O4S/c1-24-9(22)2-8-5-21-6-15(16,17)25-11-10(21)13(14(23)20-8)26-12(11)7-3-18-19-4-7/h3-4,8H,2,5-6H2,1H3,(H,18,19)(H,20,23)/t8-/m1/s1. The highest BCUT2D eigenvalue weighted by Crippen LogP contribution is 2.52. The summed E-state index contributed by atoms with van der Waals surface area (Å²) in [6.45, 7) is -0.664. The number of nitrogens with zero attached hydrogens (tertiary/aromatic N) is 2. The zero-order valence-corrected chi connectivity index (χ0v) is 14.4. The number of anilines is 1. The molecule has 0 bridgehead atoms. The highest BCUT2D eigenvalue weighted by molar-refractivity contribution is 7.18. The average molecular weight is 384 g/mol. The number of rotatable bonds is 3. The van der Waals surface area contributed by atoms with Crippen LogP contribution in [0.4, 0.5) is 14.5 Å². The highest BCUT2D eigenvalue weighted by Gasteiger charge is 2.47. The molecule has 2 aromatic rings. The monoisotopic (exact) mass is 384 g/mol. The van der Waals surface area contributed by atoms with E-state index in [0.29, 0.717) is 16.1 Å². The Labute approximate surface area is 150 Å². The highest BCUT2D eigenvalue weighted by atomic mass is 32.1. The molecule has 2 N–H and O–H groups in total. The Hall–Kier alpha value is -2.69. The lowest BCUT2D eigenvalue weighted by Gasteiger charge is -2.35. The summed E-state index contributed by atoms with van der Waals surface area (Å²) in [6.07, 6.45) is -0.517. The molecule has 0 saturated heterocycles. The van der Waals surface area contributed by atoms with E-state index in [-0.39, 0.29) is 23.6 Å². The molecule has 0 spiro atoms. The molecule has 2 aromatic heterocycles. The van der Waals surface area contributed by atoms with Crippen molar-refractivity contribution in [2.45, 2.75) is 18.6 Å². The molecule has 138 valence electrons. The smallest absolute Gasteiger partial charge is 0.416 e. The SMILES string of the molecule is COC(=O)C[C@@H]1CN2CC(F)(F)Oc3c(-c4cn[nH]c4)sc(c32)C(=O)N1. The number of hydrogen-bond acceptors (Lipinski definition) is 7. The number of alkyl halides is 2. The van der Waals surface area contributed by atoms with Crippen molar-refractivity contribution in [2.24, 2.45) is 0 Å². The first-order valence-corrected chi connectivity index (χ1v) is 8.55. The van der Waals surface area contributed by atoms with Crippen molar-refractivity contribution in [1.29, 1.82) is 0 Å². The third kappa shape index (κ3) is 2.77. The zero-order chi connectivity index (χ0) is 18.5. The molecular formula is C15H14F2N4O4S. The molecule has 0 unspecified atom stereocenters. The van der Waals surface area contributed by atoms with Gasteiger partial charge in [-0.25, -0.2) is 0 Å². The van der Waals surface area contributed by atoms with Gasteiger partial charge in [0.25, 0.3) is 5.91 Å². The molecule has 4 heterocycles. The molecule has 26 heavy (non-hydrogen) atoms. The van der Waals surface area contributed by atoms with E-state index in [2.05, 4.69) is 20.3 Å². The number of carbonyl (C=O) groups excluding carboxylic acids is 2. The van der Waals surface area contributed by atoms with Crippen LogP contribution >= 0.6 is 11.3 Å². The van der Waals surface area contributed by atoms with E-state index in [1.54, 1.807) is 6.20 Å². The number of ether oxygens (including phenoxy) is 2. The van der Waals surface area contributed by atoms with E-state index >= 15 is 0 Å². The average Bonchev–Trinajstić information content (AvgIpc) is 3.18. The van der Waals surface area contributed by atoms with Crippen LogP contribution in [0.3, 0.4) is 0 Å². The largest absolute Gasteiger partial charge is 0.469 e. The van der Waals surface area contributed by atoms with E-state index in [4.69, 9.17) is 4.74 Å². The van der Waals surface area contributed by atoms with Gasteiger partial charge in [-0.05, 0) is 0 Å². The molecule has 2 aliphatic heterocycles. The summed E-state index contributed by atoms with van der Waals surface area (Å²) in [5, 5.41) is 9.15. The van der Waals surface area contributed by atoms with Crippen LogP contribution in [0, 0.1) is 0 Å². The van der Waals surface area contributed by atoms with Gasteiger partial charge in [0.15, 0.2) is 5.75 Å². The van der Waals surface area contributed by atoms with Crippen molar-refractivity contribution in [1.82, 2.24) is 15.5 Å². The summed E-state index contributed by atoms with van der Waals surface area (Å²) in [5.41, 5.74) is 0.872. The number of amides is 1. The topological polar surface area (TPSA) is 96.5 Å². The molecule has 1 atom stereocenters. The lowest BCUT2D eigenvalue weighted by molar-refractivity contribution is -0.171. The second-order valence-corrected chi connectivity index (χ2v) is 7.02. The summed E-state index contributed by atoms with van der Waals surface area (Å²) in [5.74, 6) is -1.01. The Balaban J connectivity index is 1.79. The van der Waals surface area contributed by atoms with E-state index in [0.717, 1.165) is 11.3 Å². The first-order valence-electron chi connectivity index (χ1n) is 7.73. The first kappa shape index (κ1) is 16.8. The third-order valence-electron chi connectivity index (χ3n) is 4.17. The molecule has 8 nitrogen and oxygen atoms in total. The lowest BCUT2D eigenvalue weighted by atomic mass is 10.1. The van der Waals surface area contributed by atoms with E-state index in [9.17, 15) is 18.4 Å². The molecule has 0 aromatic carbocycles. The van der Waals surface area contributed by atoms with Gasteiger partial charge in [-0.15, -0.1) is 11.3 Å². The van der Waals surface area contributed by atoms with Gasteiger partial charge in [0.2, 0.25) is 0 Å². The van der Waals surface area contributed by atoms with Crippen molar-refractivity contribution < 1.29 is 27.8 Å². The van der Waals surface area contributed by atoms with Crippen LogP contribution in [-0.4, -0.2) is 54.4 Å². The minimum Gasteiger partial charge on any atom is -0.469 e.